The fraction of sp³-hybridized carbons (Fsp3) is 0.571. The van der Waals surface area contributed by atoms with E-state index in [0.29, 0.717) is 39.5 Å². The first-order valence-electron chi connectivity index (χ1n) is 10.5. The highest BCUT2D eigenvalue weighted by Gasteiger charge is 2.54. The number of hydrogen-bond acceptors (Lipinski definition) is 4. The van der Waals surface area contributed by atoms with Crippen LogP contribution in [0.25, 0.3) is 22.7 Å². The average Bonchev–Trinajstić information content (AvgIpc) is 2.97. The molecule has 0 unspecified atom stereocenters. The smallest absolute Gasteiger partial charge is 0.229 e. The van der Waals surface area contributed by atoms with Crippen molar-refractivity contribution >= 4 is 35.2 Å². The third-order valence-corrected chi connectivity index (χ3v) is 8.80. The van der Waals surface area contributed by atoms with Gasteiger partial charge in [0.1, 0.15) is 12.4 Å². The lowest BCUT2D eigenvalue weighted by Crippen LogP contribution is -2.23. The van der Waals surface area contributed by atoms with E-state index in [4.69, 9.17) is 9.84 Å². The Kier molecular flexibility index (Phi) is 4.72. The van der Waals surface area contributed by atoms with E-state index in [1.54, 1.807) is 6.07 Å². The van der Waals surface area contributed by atoms with Crippen LogP contribution in [0.5, 0.6) is 0 Å². The fourth-order valence-electron chi connectivity index (χ4n) is 4.45. The number of aromatic amines is 1. The van der Waals surface area contributed by atoms with Gasteiger partial charge < -0.3 is 9.72 Å². The molecule has 2 atom stereocenters. The van der Waals surface area contributed by atoms with Gasteiger partial charge in [-0.1, -0.05) is 26.6 Å². The number of pyridine rings is 1. The normalized spacial score (nSPS) is 22.9. The maximum Gasteiger partial charge on any atom is 0.229 e. The number of ether oxygens (including phenoxy) is 1. The number of nitrogens with one attached hydrogen (secondary N) is 1. The standard InChI is InChI=1S/C21H27BrFN5OSi/c1-21-9-12(21)7-13-16(10-21)28(11-29-5-6-30(2,3)4)27-17(13)20-24-15-8-14(22)18(23)25-19(15)26-20/h8,12H,5-7,9-11H2,1-4H3,(H,24,25,26)/t12-,21-/m1/s1. The van der Waals surface area contributed by atoms with Crippen molar-refractivity contribution < 1.29 is 9.13 Å². The number of hydrogen-bond donors (Lipinski definition) is 1. The largest absolute Gasteiger partial charge is 0.360 e. The van der Waals surface area contributed by atoms with Gasteiger partial charge in [-0.2, -0.15) is 14.5 Å². The molecule has 0 radical (unpaired) electrons. The zero-order valence-electron chi connectivity index (χ0n) is 17.9. The number of aromatic nitrogens is 5. The Morgan fingerprint density at radius 3 is 2.93 bits per heavy atom. The molecule has 3 heterocycles. The molecule has 0 aliphatic heterocycles. The summed E-state index contributed by atoms with van der Waals surface area (Å²) in [7, 11) is -1.13. The highest BCUT2D eigenvalue weighted by atomic mass is 79.9. The van der Waals surface area contributed by atoms with Gasteiger partial charge in [-0.15, -0.1) is 0 Å². The number of fused-ring (bicyclic) bond motifs is 3. The summed E-state index contributed by atoms with van der Waals surface area (Å²) >= 11 is 3.20. The minimum atomic E-state index is -1.13. The predicted molar refractivity (Wildman–Crippen MR) is 120 cm³/mol. The molecule has 3 aromatic heterocycles. The summed E-state index contributed by atoms with van der Waals surface area (Å²) in [6.45, 7) is 10.7. The van der Waals surface area contributed by atoms with Gasteiger partial charge in [0.05, 0.1) is 9.99 Å². The lowest BCUT2D eigenvalue weighted by atomic mass is 9.87. The molecule has 3 aromatic rings. The van der Waals surface area contributed by atoms with Crippen LogP contribution in [-0.4, -0.2) is 39.4 Å². The van der Waals surface area contributed by atoms with Crippen molar-refractivity contribution in [3.05, 3.63) is 27.7 Å². The maximum atomic E-state index is 13.8. The Labute approximate surface area is 184 Å². The topological polar surface area (TPSA) is 68.6 Å². The molecule has 5 rings (SSSR count). The summed E-state index contributed by atoms with van der Waals surface area (Å²) in [6.07, 6.45) is 3.30. The number of rotatable bonds is 6. The van der Waals surface area contributed by atoms with Crippen LogP contribution < -0.4 is 0 Å². The van der Waals surface area contributed by atoms with Crippen LogP contribution in [-0.2, 0) is 24.3 Å². The van der Waals surface area contributed by atoms with Gasteiger partial charge in [0.25, 0.3) is 0 Å². The molecule has 1 fully saturated rings. The molecule has 2 aliphatic carbocycles. The molecule has 0 aromatic carbocycles. The van der Waals surface area contributed by atoms with Crippen LogP contribution in [0.1, 0.15) is 24.6 Å². The summed E-state index contributed by atoms with van der Waals surface area (Å²) in [6, 6.07) is 2.81. The van der Waals surface area contributed by atoms with Crippen LogP contribution in [0.2, 0.25) is 25.7 Å². The summed E-state index contributed by atoms with van der Waals surface area (Å²) in [5.74, 6) is 0.803. The van der Waals surface area contributed by atoms with E-state index in [9.17, 15) is 4.39 Å². The number of nitrogens with zero attached hydrogens (tertiary/aromatic N) is 4. The van der Waals surface area contributed by atoms with Gasteiger partial charge in [-0.25, -0.2) is 9.67 Å². The fourth-order valence-corrected chi connectivity index (χ4v) is 5.52. The Bertz CT molecular complexity index is 1100. The van der Waals surface area contributed by atoms with Gasteiger partial charge >= 0.3 is 0 Å². The zero-order chi connectivity index (χ0) is 21.3. The average molecular weight is 492 g/mol. The van der Waals surface area contributed by atoms with Crippen LogP contribution in [0.15, 0.2) is 10.5 Å². The highest BCUT2D eigenvalue weighted by Crippen LogP contribution is 2.59. The first-order chi connectivity index (χ1) is 14.1. The van der Waals surface area contributed by atoms with Gasteiger partial charge in [0.2, 0.25) is 5.95 Å². The van der Waals surface area contributed by atoms with Crippen molar-refractivity contribution in [2.75, 3.05) is 6.61 Å². The molecule has 0 amide bonds. The molecule has 1 N–H and O–H groups in total. The van der Waals surface area contributed by atoms with Crippen molar-refractivity contribution in [3.8, 4) is 11.5 Å². The van der Waals surface area contributed by atoms with E-state index in [1.165, 1.54) is 17.7 Å². The van der Waals surface area contributed by atoms with Gasteiger partial charge in [-0.3, -0.25) is 0 Å². The SMILES string of the molecule is C[C@@]12Cc3c(c(-c4nc5nc(F)c(Br)cc5[nH]4)nn3COCC[Si](C)(C)C)C[C@@H]1C2. The molecule has 160 valence electrons. The third-order valence-electron chi connectivity index (χ3n) is 6.54. The van der Waals surface area contributed by atoms with Crippen molar-refractivity contribution in [3.63, 3.8) is 0 Å². The first-order valence-corrected chi connectivity index (χ1v) is 15.0. The van der Waals surface area contributed by atoms with Crippen LogP contribution in [0.4, 0.5) is 4.39 Å². The second-order valence-electron chi connectivity index (χ2n) is 10.3. The van der Waals surface area contributed by atoms with Crippen molar-refractivity contribution in [1.29, 1.82) is 0 Å². The molecule has 30 heavy (non-hydrogen) atoms. The summed E-state index contributed by atoms with van der Waals surface area (Å²) in [5.41, 5.74) is 4.82. The van der Waals surface area contributed by atoms with Crippen molar-refractivity contribution in [2.45, 2.75) is 58.6 Å². The second-order valence-corrected chi connectivity index (χ2v) is 16.8. The van der Waals surface area contributed by atoms with Crippen LogP contribution in [0.3, 0.4) is 0 Å². The van der Waals surface area contributed by atoms with E-state index in [0.717, 1.165) is 31.2 Å². The lowest BCUT2D eigenvalue weighted by Gasteiger charge is -2.20. The number of imidazole rings is 1. The van der Waals surface area contributed by atoms with E-state index < -0.39 is 14.0 Å². The monoisotopic (exact) mass is 491 g/mol. The van der Waals surface area contributed by atoms with E-state index in [2.05, 4.69) is 57.4 Å². The molecule has 0 spiro atoms. The highest BCUT2D eigenvalue weighted by molar-refractivity contribution is 9.10. The maximum absolute atomic E-state index is 13.8. The molecule has 6 nitrogen and oxygen atoms in total. The number of H-pyrrole nitrogens is 1. The Hall–Kier alpha value is -1.58. The molecule has 2 aliphatic rings. The van der Waals surface area contributed by atoms with Crippen molar-refractivity contribution in [1.82, 2.24) is 24.7 Å². The Morgan fingerprint density at radius 2 is 2.17 bits per heavy atom. The molecule has 0 bridgehead atoms. The van der Waals surface area contributed by atoms with Gasteiger partial charge in [0, 0.05) is 25.9 Å². The predicted octanol–water partition coefficient (Wildman–Crippen LogP) is 5.16. The molecule has 9 heteroatoms. The number of halogens is 2. The summed E-state index contributed by atoms with van der Waals surface area (Å²) in [4.78, 5) is 11.8. The third kappa shape index (κ3) is 3.65. The van der Waals surface area contributed by atoms with Crippen molar-refractivity contribution in [2.24, 2.45) is 11.3 Å². The summed E-state index contributed by atoms with van der Waals surface area (Å²) < 4.78 is 22.2. The summed E-state index contributed by atoms with van der Waals surface area (Å²) in [5, 5.41) is 4.90. The quantitative estimate of drug-likeness (QED) is 0.293. The van der Waals surface area contributed by atoms with E-state index in [-0.39, 0.29) is 0 Å². The Morgan fingerprint density at radius 1 is 1.37 bits per heavy atom. The Balaban J connectivity index is 1.48. The minimum absolute atomic E-state index is 0.322. The minimum Gasteiger partial charge on any atom is -0.360 e. The zero-order valence-corrected chi connectivity index (χ0v) is 20.4. The first kappa shape index (κ1) is 20.3. The van der Waals surface area contributed by atoms with Crippen LogP contribution in [0, 0.1) is 17.3 Å². The molecular formula is C21H27BrFN5OSi. The molecular weight excluding hydrogens is 465 g/mol. The van der Waals surface area contributed by atoms with Crippen LogP contribution >= 0.6 is 15.9 Å². The van der Waals surface area contributed by atoms with Gasteiger partial charge in [0.15, 0.2) is 11.5 Å². The van der Waals surface area contributed by atoms with E-state index >= 15 is 0 Å². The molecule has 0 saturated heterocycles. The molecule has 1 saturated carbocycles. The lowest BCUT2D eigenvalue weighted by molar-refractivity contribution is 0.0757. The second kappa shape index (κ2) is 6.96. The van der Waals surface area contributed by atoms with Gasteiger partial charge in [-0.05, 0) is 58.6 Å². The van der Waals surface area contributed by atoms with E-state index in [1.807, 2.05) is 4.68 Å².